The molecule has 24 heavy (non-hydrogen) atoms. The van der Waals surface area contributed by atoms with Crippen LogP contribution in [0.2, 0.25) is 0 Å². The first-order chi connectivity index (χ1) is 11.6. The number of anilines is 1. The third-order valence-electron chi connectivity index (χ3n) is 3.77. The largest absolute Gasteiger partial charge is 0.470 e. The van der Waals surface area contributed by atoms with E-state index in [0.29, 0.717) is 24.8 Å². The van der Waals surface area contributed by atoms with E-state index in [1.165, 1.54) is 0 Å². The highest BCUT2D eigenvalue weighted by Crippen LogP contribution is 2.24. The number of likely N-dealkylation sites (tertiary alicyclic amines) is 1. The molecule has 0 aromatic carbocycles. The molecule has 1 aliphatic heterocycles. The number of amides is 1. The average Bonchev–Trinajstić information content (AvgIpc) is 2.62. The molecule has 1 fully saturated rings. The fourth-order valence-electron chi connectivity index (χ4n) is 2.64. The Morgan fingerprint density at radius 2 is 1.92 bits per heavy atom. The maximum absolute atomic E-state index is 12.5. The number of rotatable bonds is 4. The molecule has 8 nitrogen and oxygen atoms in total. The molecule has 126 valence electrons. The number of hydrogen-bond donors (Lipinski definition) is 0. The summed E-state index contributed by atoms with van der Waals surface area (Å²) in [5.74, 6) is 1.20. The number of nitrogens with zero attached hydrogens (tertiary/aromatic N) is 6. The van der Waals surface area contributed by atoms with E-state index >= 15 is 0 Å². The van der Waals surface area contributed by atoms with Crippen molar-refractivity contribution in [3.63, 3.8) is 0 Å². The molecule has 8 heteroatoms. The highest BCUT2D eigenvalue weighted by Gasteiger charge is 2.28. The van der Waals surface area contributed by atoms with E-state index in [-0.39, 0.29) is 17.8 Å². The minimum absolute atomic E-state index is 0.123. The molecule has 2 aromatic heterocycles. The number of ether oxygens (including phenoxy) is 1. The summed E-state index contributed by atoms with van der Waals surface area (Å²) in [6.45, 7) is 1.17. The Morgan fingerprint density at radius 3 is 2.67 bits per heavy atom. The van der Waals surface area contributed by atoms with Crippen LogP contribution >= 0.6 is 0 Å². The number of aromatic nitrogens is 4. The van der Waals surface area contributed by atoms with E-state index in [4.69, 9.17) is 4.74 Å². The van der Waals surface area contributed by atoms with Gasteiger partial charge in [0, 0.05) is 45.4 Å². The summed E-state index contributed by atoms with van der Waals surface area (Å²) in [4.78, 5) is 32.7. The molecule has 1 saturated heterocycles. The molecular formula is C16H20N6O2. The van der Waals surface area contributed by atoms with Gasteiger partial charge in [-0.05, 0) is 18.9 Å². The average molecular weight is 328 g/mol. The van der Waals surface area contributed by atoms with Crippen LogP contribution in [0.5, 0.6) is 5.88 Å². The fourth-order valence-corrected chi connectivity index (χ4v) is 2.64. The Morgan fingerprint density at radius 1 is 1.17 bits per heavy atom. The Hall–Kier alpha value is -2.77. The van der Waals surface area contributed by atoms with Crippen molar-refractivity contribution in [3.8, 4) is 5.88 Å². The van der Waals surface area contributed by atoms with Crippen molar-refractivity contribution in [1.82, 2.24) is 24.8 Å². The zero-order valence-corrected chi connectivity index (χ0v) is 13.8. The van der Waals surface area contributed by atoms with E-state index in [9.17, 15) is 4.79 Å². The van der Waals surface area contributed by atoms with Crippen molar-refractivity contribution in [3.05, 3.63) is 36.7 Å². The van der Waals surface area contributed by atoms with E-state index in [0.717, 1.165) is 12.8 Å². The van der Waals surface area contributed by atoms with E-state index in [1.807, 2.05) is 19.0 Å². The van der Waals surface area contributed by atoms with Gasteiger partial charge in [0.1, 0.15) is 6.10 Å². The van der Waals surface area contributed by atoms with E-state index in [2.05, 4.69) is 19.9 Å². The van der Waals surface area contributed by atoms with Gasteiger partial charge < -0.3 is 14.5 Å². The molecule has 0 N–H and O–H groups in total. The summed E-state index contributed by atoms with van der Waals surface area (Å²) in [5, 5.41) is 0. The Bertz CT molecular complexity index is 694. The highest BCUT2D eigenvalue weighted by molar-refractivity contribution is 5.90. The molecule has 1 atom stereocenters. The van der Waals surface area contributed by atoms with Crippen LogP contribution in [0.25, 0.3) is 0 Å². The van der Waals surface area contributed by atoms with Gasteiger partial charge >= 0.3 is 0 Å². The van der Waals surface area contributed by atoms with Gasteiger partial charge in [0.05, 0.1) is 6.54 Å². The first-order valence-electron chi connectivity index (χ1n) is 7.86. The lowest BCUT2D eigenvalue weighted by molar-refractivity contribution is 0.0517. The van der Waals surface area contributed by atoms with Crippen molar-refractivity contribution in [2.45, 2.75) is 18.9 Å². The molecule has 0 radical (unpaired) electrons. The molecule has 0 unspecified atom stereocenters. The maximum atomic E-state index is 12.5. The zero-order valence-electron chi connectivity index (χ0n) is 13.8. The molecule has 0 spiro atoms. The van der Waals surface area contributed by atoms with Gasteiger partial charge in [0.2, 0.25) is 5.82 Å². The zero-order chi connectivity index (χ0) is 16.9. The summed E-state index contributed by atoms with van der Waals surface area (Å²) in [6, 6.07) is 1.69. The van der Waals surface area contributed by atoms with Gasteiger partial charge in [-0.25, -0.2) is 19.9 Å². The van der Waals surface area contributed by atoms with Crippen molar-refractivity contribution in [2.75, 3.05) is 32.1 Å². The van der Waals surface area contributed by atoms with Crippen LogP contribution in [-0.4, -0.2) is 64.0 Å². The fraction of sp³-hybridized carbons (Fsp3) is 0.438. The molecule has 0 saturated carbocycles. The van der Waals surface area contributed by atoms with Crippen LogP contribution in [0.15, 0.2) is 30.9 Å². The van der Waals surface area contributed by atoms with Gasteiger partial charge in [0.15, 0.2) is 5.82 Å². The maximum Gasteiger partial charge on any atom is 0.291 e. The summed E-state index contributed by atoms with van der Waals surface area (Å²) in [6.07, 6.45) is 7.98. The first kappa shape index (κ1) is 16.1. The number of hydrogen-bond acceptors (Lipinski definition) is 7. The lowest BCUT2D eigenvalue weighted by atomic mass is 10.1. The van der Waals surface area contributed by atoms with E-state index < -0.39 is 0 Å². The van der Waals surface area contributed by atoms with Gasteiger partial charge in [-0.2, -0.15) is 0 Å². The molecule has 3 heterocycles. The van der Waals surface area contributed by atoms with E-state index in [1.54, 1.807) is 35.8 Å². The topological polar surface area (TPSA) is 84.3 Å². The van der Waals surface area contributed by atoms with Crippen LogP contribution in [0.4, 0.5) is 5.82 Å². The summed E-state index contributed by atoms with van der Waals surface area (Å²) in [5.41, 5.74) is 0. The number of piperidine rings is 1. The predicted octanol–water partition coefficient (Wildman–Crippen LogP) is 1.02. The van der Waals surface area contributed by atoms with Crippen LogP contribution in [0, 0.1) is 0 Å². The molecule has 0 bridgehead atoms. The highest BCUT2D eigenvalue weighted by atomic mass is 16.5. The normalized spacial score (nSPS) is 17.4. The second-order valence-electron chi connectivity index (χ2n) is 5.79. The predicted molar refractivity (Wildman–Crippen MR) is 87.9 cm³/mol. The summed E-state index contributed by atoms with van der Waals surface area (Å²) >= 11 is 0. The minimum atomic E-state index is -0.170. The Labute approximate surface area is 140 Å². The quantitative estimate of drug-likeness (QED) is 0.828. The molecular weight excluding hydrogens is 308 g/mol. The summed E-state index contributed by atoms with van der Waals surface area (Å²) < 4.78 is 6.01. The monoisotopic (exact) mass is 328 g/mol. The lowest BCUT2D eigenvalue weighted by Crippen LogP contribution is -2.45. The molecule has 3 rings (SSSR count). The molecule has 1 aliphatic rings. The SMILES string of the molecule is CN(C)c1nccnc1O[C@H]1CCCN(C(=O)c2ncccn2)C1. The smallest absolute Gasteiger partial charge is 0.291 e. The van der Waals surface area contributed by atoms with Crippen LogP contribution in [0.3, 0.4) is 0 Å². The molecule has 0 aliphatic carbocycles. The van der Waals surface area contributed by atoms with Crippen molar-refractivity contribution in [2.24, 2.45) is 0 Å². The second kappa shape index (κ2) is 7.20. The van der Waals surface area contributed by atoms with Gasteiger partial charge in [0.25, 0.3) is 11.8 Å². The Kier molecular flexibility index (Phi) is 4.83. The van der Waals surface area contributed by atoms with Crippen LogP contribution in [-0.2, 0) is 0 Å². The van der Waals surface area contributed by atoms with Crippen molar-refractivity contribution in [1.29, 1.82) is 0 Å². The third-order valence-corrected chi connectivity index (χ3v) is 3.77. The van der Waals surface area contributed by atoms with Gasteiger partial charge in [-0.3, -0.25) is 4.79 Å². The van der Waals surface area contributed by atoms with Gasteiger partial charge in [-0.1, -0.05) is 0 Å². The molecule has 1 amide bonds. The summed E-state index contributed by atoms with van der Waals surface area (Å²) in [7, 11) is 3.78. The third kappa shape index (κ3) is 3.58. The van der Waals surface area contributed by atoms with Crippen LogP contribution < -0.4 is 9.64 Å². The first-order valence-corrected chi connectivity index (χ1v) is 7.86. The standard InChI is InChI=1S/C16H20N6O2/c1-21(2)14-15(20-9-8-19-14)24-12-5-3-10-22(11-12)16(23)13-17-6-4-7-18-13/h4,6-9,12H,3,5,10-11H2,1-2H3/t12-/m0/s1. The minimum Gasteiger partial charge on any atom is -0.470 e. The second-order valence-corrected chi connectivity index (χ2v) is 5.79. The number of carbonyl (C=O) groups is 1. The van der Waals surface area contributed by atoms with Crippen molar-refractivity contribution < 1.29 is 9.53 Å². The van der Waals surface area contributed by atoms with Crippen molar-refractivity contribution >= 4 is 11.7 Å². The lowest BCUT2D eigenvalue weighted by Gasteiger charge is -2.32. The Balaban J connectivity index is 1.69. The number of carbonyl (C=O) groups excluding carboxylic acids is 1. The van der Waals surface area contributed by atoms with Crippen LogP contribution in [0.1, 0.15) is 23.5 Å². The molecule has 2 aromatic rings. The van der Waals surface area contributed by atoms with Gasteiger partial charge in [-0.15, -0.1) is 0 Å².